The van der Waals surface area contributed by atoms with Crippen LogP contribution in [0.3, 0.4) is 0 Å². The molecule has 102 valence electrons. The lowest BCUT2D eigenvalue weighted by molar-refractivity contribution is -0.154. The first-order valence-corrected chi connectivity index (χ1v) is 6.99. The van der Waals surface area contributed by atoms with Gasteiger partial charge in [0.1, 0.15) is 5.60 Å². The highest BCUT2D eigenvalue weighted by atomic mass is 16.5. The molecule has 3 heteroatoms. The molecule has 1 aliphatic carbocycles. The van der Waals surface area contributed by atoms with Crippen molar-refractivity contribution in [2.45, 2.75) is 30.8 Å². The van der Waals surface area contributed by atoms with Crippen LogP contribution >= 0.6 is 0 Å². The third-order valence-corrected chi connectivity index (χ3v) is 4.50. The zero-order valence-corrected chi connectivity index (χ0v) is 11.3. The van der Waals surface area contributed by atoms with Gasteiger partial charge in [-0.15, -0.1) is 0 Å². The fourth-order valence-corrected chi connectivity index (χ4v) is 3.14. The molecule has 19 heavy (non-hydrogen) atoms. The molecule has 0 aromatic heterocycles. The highest BCUT2D eigenvalue weighted by Gasteiger charge is 2.52. The third kappa shape index (κ3) is 2.33. The molecule has 2 aliphatic rings. The smallest absolute Gasteiger partial charge is 0.168 e. The van der Waals surface area contributed by atoms with Gasteiger partial charge < -0.3 is 9.47 Å². The number of rotatable bonds is 4. The summed E-state index contributed by atoms with van der Waals surface area (Å²) in [6, 6.07) is 10.3. The maximum atomic E-state index is 12.7. The number of methoxy groups -OCH3 is 1. The van der Waals surface area contributed by atoms with Gasteiger partial charge in [0.25, 0.3) is 0 Å². The van der Waals surface area contributed by atoms with Crippen LogP contribution in [-0.4, -0.2) is 31.7 Å². The minimum atomic E-state index is -0.591. The summed E-state index contributed by atoms with van der Waals surface area (Å²) >= 11 is 0. The average Bonchev–Trinajstić information content (AvgIpc) is 3.28. The normalized spacial score (nSPS) is 28.9. The maximum Gasteiger partial charge on any atom is 0.168 e. The highest BCUT2D eigenvalue weighted by molar-refractivity contribution is 5.92. The van der Waals surface area contributed by atoms with Crippen LogP contribution in [0.4, 0.5) is 0 Å². The summed E-state index contributed by atoms with van der Waals surface area (Å²) in [5.41, 5.74) is 0.686. The fraction of sp³-hybridized carbons (Fsp3) is 0.562. The minimum Gasteiger partial charge on any atom is -0.381 e. The van der Waals surface area contributed by atoms with E-state index in [1.165, 1.54) is 5.56 Å². The van der Waals surface area contributed by atoms with Crippen molar-refractivity contribution in [3.05, 3.63) is 35.9 Å². The van der Waals surface area contributed by atoms with E-state index in [1.807, 2.05) is 18.2 Å². The van der Waals surface area contributed by atoms with Crippen LogP contribution in [0.5, 0.6) is 0 Å². The molecular weight excluding hydrogens is 240 g/mol. The van der Waals surface area contributed by atoms with E-state index >= 15 is 0 Å². The lowest BCUT2D eigenvalue weighted by Crippen LogP contribution is -2.46. The van der Waals surface area contributed by atoms with Crippen molar-refractivity contribution in [1.82, 2.24) is 0 Å². The molecule has 0 bridgehead atoms. The number of carbonyl (C=O) groups is 1. The van der Waals surface area contributed by atoms with Crippen molar-refractivity contribution in [2.24, 2.45) is 5.92 Å². The Bertz CT molecular complexity index is 448. The second-order valence-corrected chi connectivity index (χ2v) is 5.53. The highest BCUT2D eigenvalue weighted by Crippen LogP contribution is 2.51. The number of hydrogen-bond acceptors (Lipinski definition) is 3. The molecule has 0 amide bonds. The van der Waals surface area contributed by atoms with E-state index in [2.05, 4.69) is 12.1 Å². The van der Waals surface area contributed by atoms with Crippen LogP contribution in [0.1, 0.15) is 30.7 Å². The van der Waals surface area contributed by atoms with E-state index in [9.17, 15) is 4.79 Å². The Balaban J connectivity index is 1.72. The molecule has 0 radical (unpaired) electrons. The Morgan fingerprint density at radius 3 is 2.58 bits per heavy atom. The number of benzene rings is 1. The van der Waals surface area contributed by atoms with Gasteiger partial charge in [0.2, 0.25) is 0 Å². The largest absolute Gasteiger partial charge is 0.381 e. The van der Waals surface area contributed by atoms with Crippen LogP contribution < -0.4 is 0 Å². The predicted octanol–water partition coefficient (Wildman–Crippen LogP) is 2.55. The molecule has 3 rings (SSSR count). The van der Waals surface area contributed by atoms with Crippen molar-refractivity contribution in [2.75, 3.05) is 20.3 Å². The first-order valence-electron chi connectivity index (χ1n) is 6.99. The SMILES string of the molecule is COC1(C(=O)C2CC2c2ccccc2)CCOCC1. The third-order valence-electron chi connectivity index (χ3n) is 4.50. The van der Waals surface area contributed by atoms with Crippen molar-refractivity contribution >= 4 is 5.78 Å². The average molecular weight is 260 g/mol. The minimum absolute atomic E-state index is 0.139. The molecule has 2 unspecified atom stereocenters. The summed E-state index contributed by atoms with van der Waals surface area (Å²) < 4.78 is 11.0. The van der Waals surface area contributed by atoms with E-state index in [0.717, 1.165) is 6.42 Å². The van der Waals surface area contributed by atoms with Crippen molar-refractivity contribution in [3.8, 4) is 0 Å². The number of ether oxygens (including phenoxy) is 2. The molecule has 2 fully saturated rings. The number of hydrogen-bond donors (Lipinski definition) is 0. The van der Waals surface area contributed by atoms with Gasteiger partial charge in [-0.25, -0.2) is 0 Å². The molecule has 1 aromatic carbocycles. The Kier molecular flexibility index (Phi) is 3.42. The molecular formula is C16H20O3. The molecule has 2 atom stereocenters. The summed E-state index contributed by atoms with van der Waals surface area (Å²) in [5, 5.41) is 0. The van der Waals surface area contributed by atoms with Crippen LogP contribution in [0.25, 0.3) is 0 Å². The van der Waals surface area contributed by atoms with E-state index < -0.39 is 5.60 Å². The maximum absolute atomic E-state index is 12.7. The molecule has 1 aliphatic heterocycles. The second kappa shape index (κ2) is 5.06. The van der Waals surface area contributed by atoms with Gasteiger partial charge in [-0.3, -0.25) is 4.79 Å². The van der Waals surface area contributed by atoms with Crippen LogP contribution in [0, 0.1) is 5.92 Å². The Morgan fingerprint density at radius 1 is 1.26 bits per heavy atom. The summed E-state index contributed by atoms with van der Waals surface area (Å²) in [5.74, 6) is 0.816. The zero-order chi connectivity index (χ0) is 13.3. The lowest BCUT2D eigenvalue weighted by atomic mass is 9.86. The fourth-order valence-electron chi connectivity index (χ4n) is 3.14. The second-order valence-electron chi connectivity index (χ2n) is 5.53. The summed E-state index contributed by atoms with van der Waals surface area (Å²) in [4.78, 5) is 12.7. The summed E-state index contributed by atoms with van der Waals surface area (Å²) in [6.07, 6.45) is 2.36. The van der Waals surface area contributed by atoms with Gasteiger partial charge in [0.15, 0.2) is 5.78 Å². The summed E-state index contributed by atoms with van der Waals surface area (Å²) in [6.45, 7) is 1.25. The van der Waals surface area contributed by atoms with Crippen molar-refractivity contribution in [1.29, 1.82) is 0 Å². The number of ketones is 1. The van der Waals surface area contributed by atoms with Gasteiger partial charge >= 0.3 is 0 Å². The van der Waals surface area contributed by atoms with E-state index in [4.69, 9.17) is 9.47 Å². The van der Waals surface area contributed by atoms with Crippen molar-refractivity contribution in [3.63, 3.8) is 0 Å². The first-order chi connectivity index (χ1) is 9.27. The molecule has 3 nitrogen and oxygen atoms in total. The zero-order valence-electron chi connectivity index (χ0n) is 11.3. The van der Waals surface area contributed by atoms with E-state index in [0.29, 0.717) is 32.0 Å². The number of Topliss-reactive ketones (excluding diaryl/α,β-unsaturated/α-hetero) is 1. The Hall–Kier alpha value is -1.19. The molecule has 1 heterocycles. The van der Waals surface area contributed by atoms with Crippen molar-refractivity contribution < 1.29 is 14.3 Å². The molecule has 0 N–H and O–H groups in total. The topological polar surface area (TPSA) is 35.5 Å². The molecule has 1 saturated heterocycles. The lowest BCUT2D eigenvalue weighted by Gasteiger charge is -2.34. The number of carbonyl (C=O) groups excluding carboxylic acids is 1. The molecule has 0 spiro atoms. The molecule has 1 saturated carbocycles. The van der Waals surface area contributed by atoms with Gasteiger partial charge in [-0.05, 0) is 17.9 Å². The van der Waals surface area contributed by atoms with Gasteiger partial charge in [0, 0.05) is 39.1 Å². The Labute approximate surface area is 113 Å². The standard InChI is InChI=1S/C16H20O3/c1-18-16(7-9-19-10-8-16)15(17)14-11-13(14)12-5-3-2-4-6-12/h2-6,13-14H,7-11H2,1H3. The van der Waals surface area contributed by atoms with Gasteiger partial charge in [0.05, 0.1) is 0 Å². The first kappa shape index (κ1) is 12.8. The van der Waals surface area contributed by atoms with E-state index in [1.54, 1.807) is 7.11 Å². The van der Waals surface area contributed by atoms with E-state index in [-0.39, 0.29) is 11.7 Å². The van der Waals surface area contributed by atoms with Crippen LogP contribution in [0.2, 0.25) is 0 Å². The monoisotopic (exact) mass is 260 g/mol. The van der Waals surface area contributed by atoms with Gasteiger partial charge in [-0.2, -0.15) is 0 Å². The summed E-state index contributed by atoms with van der Waals surface area (Å²) in [7, 11) is 1.66. The Morgan fingerprint density at radius 2 is 1.95 bits per heavy atom. The predicted molar refractivity (Wildman–Crippen MR) is 72.1 cm³/mol. The molecule has 1 aromatic rings. The van der Waals surface area contributed by atoms with Gasteiger partial charge in [-0.1, -0.05) is 30.3 Å². The quantitative estimate of drug-likeness (QED) is 0.834. The van der Waals surface area contributed by atoms with Crippen LogP contribution in [-0.2, 0) is 14.3 Å². The van der Waals surface area contributed by atoms with Crippen LogP contribution in [0.15, 0.2) is 30.3 Å².